The van der Waals surface area contributed by atoms with E-state index >= 15 is 9.59 Å². The molecule has 1 heterocycles. The van der Waals surface area contributed by atoms with Gasteiger partial charge in [0.1, 0.15) is 71.9 Å². The Bertz CT molecular complexity index is 3590. The summed E-state index contributed by atoms with van der Waals surface area (Å²) in [6.45, 7) is 6.65. The first-order chi connectivity index (χ1) is 52.3. The Hall–Kier alpha value is -10.8. The number of hydrogen-bond acceptors (Lipinski definition) is 19. The van der Waals surface area contributed by atoms with Crippen molar-refractivity contribution in [3.63, 3.8) is 0 Å². The zero-order valence-corrected chi connectivity index (χ0v) is 64.0. The van der Waals surface area contributed by atoms with Gasteiger partial charge in [-0.2, -0.15) is 11.8 Å². The van der Waals surface area contributed by atoms with Gasteiger partial charge in [-0.15, -0.1) is 0 Å². The van der Waals surface area contributed by atoms with E-state index in [1.54, 1.807) is 64.3 Å². The lowest BCUT2D eigenvalue weighted by Gasteiger charge is -2.32. The predicted molar refractivity (Wildman–Crippen MR) is 413 cm³/mol. The fourth-order valence-corrected chi connectivity index (χ4v) is 12.5. The van der Waals surface area contributed by atoms with E-state index in [4.69, 9.17) is 33.8 Å². The van der Waals surface area contributed by atoms with E-state index in [1.807, 2.05) is 0 Å². The highest BCUT2D eigenvalue weighted by atomic mass is 32.2. The predicted octanol–water partition coefficient (Wildman–Crippen LogP) is -0.983. The third kappa shape index (κ3) is 33.8. The number of carboxylic acids is 2. The molecular formula is C74H112N18O17S. The number of aromatic hydroxyl groups is 2. The van der Waals surface area contributed by atoms with Gasteiger partial charge < -0.3 is 107 Å². The van der Waals surface area contributed by atoms with Crippen molar-refractivity contribution in [1.82, 2.24) is 58.1 Å². The molecule has 24 N–H and O–H groups in total. The summed E-state index contributed by atoms with van der Waals surface area (Å²) < 4.78 is 0. The molecule has 35 nitrogen and oxygen atoms in total. The van der Waals surface area contributed by atoms with Gasteiger partial charge in [0, 0.05) is 51.7 Å². The zero-order chi connectivity index (χ0) is 81.4. The lowest BCUT2D eigenvalue weighted by atomic mass is 9.96. The molecular weight excluding hydrogens is 1440 g/mol. The number of nitrogens with zero attached hydrogens (tertiary/aromatic N) is 3. The number of guanidine groups is 2. The average Bonchev–Trinajstić information content (AvgIpc) is 1.63. The number of nitrogens with one attached hydrogen (secondary N) is 10. The van der Waals surface area contributed by atoms with Crippen LogP contribution >= 0.6 is 11.8 Å². The molecule has 3 aromatic carbocycles. The van der Waals surface area contributed by atoms with Crippen molar-refractivity contribution in [3.8, 4) is 11.5 Å². The number of likely N-dealkylation sites (tertiary alicyclic amines) is 1. The minimum atomic E-state index is -1.48. The van der Waals surface area contributed by atoms with Gasteiger partial charge in [0.2, 0.25) is 65.0 Å². The van der Waals surface area contributed by atoms with Gasteiger partial charge in [0.05, 0.1) is 6.54 Å². The van der Waals surface area contributed by atoms with E-state index in [0.717, 1.165) is 0 Å². The topological polar surface area (TPSA) is 581 Å². The number of carbonyl (C=O) groups excluding carboxylic acids is 11. The first-order valence-electron chi connectivity index (χ1n) is 37.0. The average molecular weight is 1560 g/mol. The molecule has 3 aromatic rings. The molecule has 1 saturated heterocycles. The summed E-state index contributed by atoms with van der Waals surface area (Å²) in [6.07, 6.45) is 2.58. The number of aliphatic imine (C=N–C) groups is 2. The summed E-state index contributed by atoms with van der Waals surface area (Å²) in [5, 5.41) is 66.3. The third-order valence-electron chi connectivity index (χ3n) is 18.1. The van der Waals surface area contributed by atoms with Crippen LogP contribution in [0.25, 0.3) is 0 Å². The number of unbranched alkanes of at least 4 members (excludes halogenated alkanes) is 1. The maximum atomic E-state index is 15.4. The molecule has 0 bridgehead atoms. The van der Waals surface area contributed by atoms with E-state index in [-0.39, 0.29) is 152 Å². The number of amides is 11. The molecule has 4 rings (SSSR count). The van der Waals surface area contributed by atoms with Gasteiger partial charge in [0.25, 0.3) is 0 Å². The molecule has 1 fully saturated rings. The Balaban J connectivity index is 1.67. The molecule has 0 unspecified atom stereocenters. The van der Waals surface area contributed by atoms with Gasteiger partial charge in [-0.3, -0.25) is 67.5 Å². The smallest absolute Gasteiger partial charge is 0.326 e. The van der Waals surface area contributed by atoms with Crippen LogP contribution in [0.4, 0.5) is 0 Å². The lowest BCUT2D eigenvalue weighted by molar-refractivity contribution is -0.143. The van der Waals surface area contributed by atoms with Gasteiger partial charge in [-0.1, -0.05) is 88.7 Å². The Morgan fingerprint density at radius 1 is 0.518 bits per heavy atom. The van der Waals surface area contributed by atoms with Crippen LogP contribution in [-0.4, -0.2) is 219 Å². The number of carboxylic acid groups (broad SMARTS) is 2. The molecule has 11 amide bonds. The van der Waals surface area contributed by atoms with Gasteiger partial charge in [-0.25, -0.2) is 4.79 Å². The van der Waals surface area contributed by atoms with Crippen LogP contribution in [0.5, 0.6) is 11.5 Å². The highest BCUT2D eigenvalue weighted by Crippen LogP contribution is 2.23. The fraction of sp³-hybridized carbons (Fsp3) is 0.554. The van der Waals surface area contributed by atoms with Crippen LogP contribution in [0.1, 0.15) is 141 Å². The number of aliphatic carboxylic acids is 2. The molecule has 36 heteroatoms. The Kier molecular flexibility index (Phi) is 40.5. The second kappa shape index (κ2) is 48.6. The number of benzene rings is 3. The molecule has 11 atom stereocenters. The minimum absolute atomic E-state index is 0.00485. The normalized spacial score (nSPS) is 15.2. The fourth-order valence-electron chi connectivity index (χ4n) is 12.0. The molecule has 110 heavy (non-hydrogen) atoms. The molecule has 0 aliphatic carbocycles. The Labute approximate surface area is 644 Å². The van der Waals surface area contributed by atoms with Crippen molar-refractivity contribution in [1.29, 1.82) is 0 Å². The highest BCUT2D eigenvalue weighted by Gasteiger charge is 2.41. The van der Waals surface area contributed by atoms with Gasteiger partial charge in [0.15, 0.2) is 11.9 Å². The third-order valence-corrected chi connectivity index (χ3v) is 18.7. The molecule has 0 saturated carbocycles. The van der Waals surface area contributed by atoms with Crippen LogP contribution < -0.4 is 81.8 Å². The maximum absolute atomic E-state index is 15.4. The van der Waals surface area contributed by atoms with E-state index in [2.05, 4.69) is 63.2 Å². The van der Waals surface area contributed by atoms with E-state index < -0.39 is 150 Å². The number of nitrogens with two attached hydrogens (primary N) is 5. The van der Waals surface area contributed by atoms with Crippen molar-refractivity contribution in [2.75, 3.05) is 44.7 Å². The Morgan fingerprint density at radius 2 is 0.991 bits per heavy atom. The Morgan fingerprint density at radius 3 is 1.54 bits per heavy atom. The number of phenolic OH excluding ortho intramolecular Hbond substituents is 2. The van der Waals surface area contributed by atoms with E-state index in [9.17, 15) is 68.1 Å². The largest absolute Gasteiger partial charge is 0.508 e. The molecule has 1 aliphatic heterocycles. The van der Waals surface area contributed by atoms with Crippen LogP contribution in [0.15, 0.2) is 88.8 Å². The number of rotatable bonds is 50. The highest BCUT2D eigenvalue weighted by molar-refractivity contribution is 7.98. The standard InChI is InChI=1S/C74H112N18O17S/c1-6-44(4)62(91-68(104)55(40-46-24-28-48(93)29-25-46)84-60(96)42-82-63(99)52(32-37-110-5)83-59(95)22-12-23-61(97)98)70(106)89-56(39-45-16-8-7-9-17-45)67(103)90-57(41-47-26-30-49(94)31-27-47)71(107)92-36-15-21-58(92)69(105)86-51(19-13-34-80-73(76)77)64(100)85-50(18-10-11-33-75)65(101)88-54(38-43(2)3)66(102)87-53(72(108)109)20-14-35-81-74(78)79/h7-9,16-17,24-31,43-44,50-58,62,93-94H,6,10-15,18-23,32-42,75H2,1-5H3,(H,82,99)(H,83,95)(H,84,96)(H,85,100)(H,86,105)(H,87,102)(H,88,101)(H,89,106)(H,90,103)(H,91,104)(H,97,98)(H,108,109)(H4,76,77,80)(H4,78,79,81)/t44-,50-,51-,52-,53-,54-,55-,56-,57-,58-,62-/m0/s1. The second-order valence-corrected chi connectivity index (χ2v) is 28.5. The van der Waals surface area contributed by atoms with E-state index in [0.29, 0.717) is 41.7 Å². The summed E-state index contributed by atoms with van der Waals surface area (Å²) in [7, 11) is 0. The van der Waals surface area contributed by atoms with Crippen LogP contribution in [0.2, 0.25) is 0 Å². The van der Waals surface area contributed by atoms with Gasteiger partial charge in [-0.05, 0) is 148 Å². The molecule has 0 radical (unpaired) electrons. The summed E-state index contributed by atoms with van der Waals surface area (Å²) >= 11 is 1.40. The number of hydrogen-bond donors (Lipinski definition) is 19. The second-order valence-electron chi connectivity index (χ2n) is 27.5. The van der Waals surface area contributed by atoms with Crippen molar-refractivity contribution in [2.45, 2.75) is 204 Å². The first kappa shape index (κ1) is 91.6. The quantitative estimate of drug-likeness (QED) is 0.0183. The van der Waals surface area contributed by atoms with Crippen molar-refractivity contribution in [3.05, 3.63) is 95.6 Å². The van der Waals surface area contributed by atoms with Crippen LogP contribution in [-0.2, 0) is 81.6 Å². The number of carbonyl (C=O) groups is 13. The van der Waals surface area contributed by atoms with Crippen LogP contribution in [0, 0.1) is 11.8 Å². The van der Waals surface area contributed by atoms with Crippen molar-refractivity contribution >= 4 is 101 Å². The van der Waals surface area contributed by atoms with E-state index in [1.165, 1.54) is 65.2 Å². The summed E-state index contributed by atoms with van der Waals surface area (Å²) in [6, 6.07) is 6.59. The molecule has 606 valence electrons. The monoisotopic (exact) mass is 1560 g/mol. The first-order valence-corrected chi connectivity index (χ1v) is 38.4. The van der Waals surface area contributed by atoms with Gasteiger partial charge >= 0.3 is 11.9 Å². The molecule has 0 aromatic heterocycles. The summed E-state index contributed by atoms with van der Waals surface area (Å²) in [5.74, 6) is -12.2. The number of thioether (sulfide) groups is 1. The molecule has 1 aliphatic rings. The summed E-state index contributed by atoms with van der Waals surface area (Å²) in [4.78, 5) is 190. The maximum Gasteiger partial charge on any atom is 0.326 e. The lowest BCUT2D eigenvalue weighted by Crippen LogP contribution is -2.61. The molecule has 0 spiro atoms. The number of phenols is 2. The minimum Gasteiger partial charge on any atom is -0.508 e. The SMILES string of the molecule is CC[C@H](C)[C@H](NC(=O)[C@H](Cc1ccc(O)cc1)NC(=O)CNC(=O)[C@H](CCSC)NC(=O)CCCC(=O)O)C(=O)N[C@@H](Cc1ccccc1)C(=O)N[C@@H](Cc1ccc(O)cc1)C(=O)N1CCC[C@H]1C(=O)N[C@@H](CCCN=C(N)N)C(=O)N[C@@H](CCCCN)C(=O)N[C@@H](CC(C)C)C(=O)N[C@@H](CCCN=C(N)N)C(=O)O. The van der Waals surface area contributed by atoms with Crippen LogP contribution in [0.3, 0.4) is 0 Å². The van der Waals surface area contributed by atoms with Crippen molar-refractivity contribution < 1.29 is 82.8 Å². The summed E-state index contributed by atoms with van der Waals surface area (Å²) in [5.41, 5.74) is 29.4. The van der Waals surface area contributed by atoms with Crippen molar-refractivity contribution in [2.24, 2.45) is 50.5 Å². The zero-order valence-electron chi connectivity index (χ0n) is 63.1.